The van der Waals surface area contributed by atoms with Gasteiger partial charge in [0.25, 0.3) is 5.91 Å². The number of aromatic amines is 1. The van der Waals surface area contributed by atoms with E-state index in [9.17, 15) is 36.7 Å². The number of amides is 3. The number of likely N-dealkylation sites (tertiary alicyclic amines) is 1. The molecule has 2 fully saturated rings. The Balaban J connectivity index is 1.15. The summed E-state index contributed by atoms with van der Waals surface area (Å²) >= 11 is 0. The minimum atomic E-state index is -5.44. The van der Waals surface area contributed by atoms with Crippen LogP contribution in [-0.4, -0.2) is 106 Å². The minimum Gasteiger partial charge on any atom is -0.477 e. The maximum atomic E-state index is 14.3. The van der Waals surface area contributed by atoms with E-state index in [1.165, 1.54) is 24.3 Å². The van der Waals surface area contributed by atoms with E-state index in [0.717, 1.165) is 61.0 Å². The smallest absolute Gasteiger partial charge is 0.411 e. The number of aromatic nitrogens is 3. The fraction of sp³-hybridized carbons (Fsp3) is 0.442. The van der Waals surface area contributed by atoms with Gasteiger partial charge in [0.2, 0.25) is 17.6 Å². The number of nitrogens with one attached hydrogen (secondary N) is 3. The van der Waals surface area contributed by atoms with Crippen molar-refractivity contribution in [1.29, 1.82) is 0 Å². The third-order valence-corrected chi connectivity index (χ3v) is 11.8. The molecule has 0 radical (unpaired) electrons. The van der Waals surface area contributed by atoms with Gasteiger partial charge < -0.3 is 36.3 Å². The number of rotatable bonds is 14. The van der Waals surface area contributed by atoms with Gasteiger partial charge in [-0.15, -0.1) is 10.2 Å². The topological polar surface area (TPSA) is 187 Å². The van der Waals surface area contributed by atoms with Crippen molar-refractivity contribution in [2.45, 2.75) is 75.8 Å². The number of alkyl halides is 4. The summed E-state index contributed by atoms with van der Waals surface area (Å²) in [7, 11) is 3.95. The number of carboxylic acids is 1. The first kappa shape index (κ1) is 43.9. The Labute approximate surface area is 345 Å². The molecule has 0 spiro atoms. The first-order chi connectivity index (χ1) is 28.5. The van der Waals surface area contributed by atoms with Crippen LogP contribution in [0.1, 0.15) is 65.8 Å². The van der Waals surface area contributed by atoms with Gasteiger partial charge in [-0.05, 0) is 137 Å². The fourth-order valence-electron chi connectivity index (χ4n) is 7.84. The highest BCUT2D eigenvalue weighted by atomic mass is 19.3. The Kier molecular flexibility index (Phi) is 13.4. The van der Waals surface area contributed by atoms with Crippen molar-refractivity contribution in [2.24, 2.45) is 17.6 Å². The van der Waals surface area contributed by atoms with Crippen molar-refractivity contribution in [3.05, 3.63) is 89.2 Å². The number of anilines is 1. The van der Waals surface area contributed by atoms with E-state index in [2.05, 4.69) is 32.8 Å². The summed E-state index contributed by atoms with van der Waals surface area (Å²) < 4.78 is 55.9. The largest absolute Gasteiger partial charge is 0.477 e. The quantitative estimate of drug-likeness (QED) is 0.0972. The van der Waals surface area contributed by atoms with E-state index in [1.807, 2.05) is 66.3 Å². The van der Waals surface area contributed by atoms with Gasteiger partial charge in [0, 0.05) is 42.2 Å². The van der Waals surface area contributed by atoms with Crippen LogP contribution in [0, 0.1) is 18.8 Å². The lowest BCUT2D eigenvalue weighted by molar-refractivity contribution is -0.231. The number of piperidine rings is 1. The Hall–Kier alpha value is -5.68. The second kappa shape index (κ2) is 18.3. The molecule has 3 amide bonds. The number of halogens is 4. The van der Waals surface area contributed by atoms with Crippen molar-refractivity contribution in [3.8, 4) is 22.5 Å². The Bertz CT molecular complexity index is 2170. The average Bonchev–Trinajstić information content (AvgIpc) is 3.75. The second-order valence-corrected chi connectivity index (χ2v) is 15.9. The van der Waals surface area contributed by atoms with Gasteiger partial charge in [0.15, 0.2) is 5.82 Å². The van der Waals surface area contributed by atoms with E-state index >= 15 is 0 Å². The summed E-state index contributed by atoms with van der Waals surface area (Å²) in [6, 6.07) is 18.1. The number of carbonyl (C=O) groups is 4. The number of H-pyrrole nitrogens is 1. The van der Waals surface area contributed by atoms with Gasteiger partial charge in [-0.2, -0.15) is 17.6 Å². The number of aryl methyl sites for hydroxylation is 1. The van der Waals surface area contributed by atoms with Gasteiger partial charge in [0.05, 0.1) is 0 Å². The van der Waals surface area contributed by atoms with E-state index in [0.29, 0.717) is 30.9 Å². The molecule has 60 heavy (non-hydrogen) atoms. The van der Waals surface area contributed by atoms with Crippen LogP contribution in [0.25, 0.3) is 22.5 Å². The molecule has 1 aromatic heterocycles. The molecular weight excluding hydrogens is 785 g/mol. The fourth-order valence-corrected chi connectivity index (χ4v) is 7.84. The molecule has 1 saturated carbocycles. The predicted molar refractivity (Wildman–Crippen MR) is 216 cm³/mol. The van der Waals surface area contributed by atoms with Crippen LogP contribution in [0.4, 0.5) is 23.2 Å². The summed E-state index contributed by atoms with van der Waals surface area (Å²) in [6.45, 7) is 4.42. The van der Waals surface area contributed by atoms with Gasteiger partial charge in [0.1, 0.15) is 6.04 Å². The number of carbonyl (C=O) groups excluding carboxylic acids is 3. The molecular formula is C43H50F4N8O5. The second-order valence-electron chi connectivity index (χ2n) is 15.9. The molecule has 1 aliphatic carbocycles. The first-order valence-corrected chi connectivity index (χ1v) is 20.0. The highest BCUT2D eigenvalue weighted by molar-refractivity contribution is 5.98. The van der Waals surface area contributed by atoms with E-state index < -0.39 is 35.6 Å². The van der Waals surface area contributed by atoms with Crippen LogP contribution < -0.4 is 16.4 Å². The van der Waals surface area contributed by atoms with Crippen molar-refractivity contribution >= 4 is 29.4 Å². The third-order valence-electron chi connectivity index (χ3n) is 11.8. The van der Waals surface area contributed by atoms with E-state index in [1.54, 1.807) is 0 Å². The summed E-state index contributed by atoms with van der Waals surface area (Å²) in [4.78, 5) is 57.6. The third kappa shape index (κ3) is 9.68. The lowest BCUT2D eigenvalue weighted by Gasteiger charge is -2.35. The molecule has 3 aromatic carbocycles. The van der Waals surface area contributed by atoms with Gasteiger partial charge in [-0.3, -0.25) is 14.4 Å². The lowest BCUT2D eigenvalue weighted by atomic mass is 9.81. The van der Waals surface area contributed by atoms with Crippen LogP contribution in [0.15, 0.2) is 66.7 Å². The highest BCUT2D eigenvalue weighted by Crippen LogP contribution is 2.42. The summed E-state index contributed by atoms with van der Waals surface area (Å²) in [5, 5.41) is 20.8. The lowest BCUT2D eigenvalue weighted by Crippen LogP contribution is -2.48. The molecule has 17 heteroatoms. The zero-order chi connectivity index (χ0) is 43.4. The number of carboxylic acid groups (broad SMARTS) is 1. The normalized spacial score (nSPS) is 18.4. The molecule has 6 rings (SSSR count). The maximum Gasteiger partial charge on any atom is 0.411 e. The monoisotopic (exact) mass is 834 g/mol. The molecule has 1 aliphatic heterocycles. The van der Waals surface area contributed by atoms with Gasteiger partial charge in [-0.25, -0.2) is 4.79 Å². The summed E-state index contributed by atoms with van der Waals surface area (Å²) in [5.74, 6) is -16.3. The van der Waals surface area contributed by atoms with Crippen molar-refractivity contribution in [1.82, 2.24) is 30.3 Å². The van der Waals surface area contributed by atoms with E-state index in [4.69, 9.17) is 10.8 Å². The minimum absolute atomic E-state index is 0.00953. The molecule has 13 nitrogen and oxygen atoms in total. The Morgan fingerprint density at radius 2 is 1.55 bits per heavy atom. The number of aliphatic carboxylic acids is 1. The Morgan fingerprint density at radius 1 is 0.917 bits per heavy atom. The molecule has 2 aliphatic rings. The van der Waals surface area contributed by atoms with Gasteiger partial charge in [-0.1, -0.05) is 30.3 Å². The standard InChI is InChI=1S/C43H50F4N8O5/c1-25-22-31(39(58)55(3)33-18-20-54(2)21-19-33)14-17-34(25)28-8-4-26(5-9-28)23-35(50-37(56)30-10-6-27(24-48)7-11-30)38(57)49-32-15-12-29(13-16-32)36-51-40(53-52-36)42(44,45)43(46,47)41(59)60/h4-5,8-9,12-17,22,27,30,33,35H,6-7,10-11,18-21,23-24,48H2,1-3H3,(H,49,57)(H,50,56)(H,59,60)(H,51,52,53)/t27-,30-,35-/m0/s1. The van der Waals surface area contributed by atoms with Gasteiger partial charge >= 0.3 is 17.8 Å². The molecule has 0 unspecified atom stereocenters. The SMILES string of the molecule is Cc1cc(C(=O)N(C)C2CCN(C)CC2)ccc1-c1ccc(C[C@H](NC(=O)[C@H]2CC[C@H](CN)CC2)C(=O)Nc2ccc(-c3nnc(C(F)(F)C(F)(F)C(=O)O)[nH]3)cc2)cc1. The maximum absolute atomic E-state index is 14.3. The molecule has 6 N–H and O–H groups in total. The number of hydrogen-bond acceptors (Lipinski definition) is 8. The number of benzene rings is 3. The number of hydrogen-bond donors (Lipinski definition) is 5. The molecule has 0 bridgehead atoms. The zero-order valence-corrected chi connectivity index (χ0v) is 33.7. The Morgan fingerprint density at radius 3 is 2.15 bits per heavy atom. The van der Waals surface area contributed by atoms with Crippen molar-refractivity contribution in [3.63, 3.8) is 0 Å². The first-order valence-electron chi connectivity index (χ1n) is 20.0. The molecule has 1 atom stereocenters. The van der Waals surface area contributed by atoms with Crippen molar-refractivity contribution < 1.29 is 41.8 Å². The summed E-state index contributed by atoms with van der Waals surface area (Å²) in [5.41, 5.74) is 10.5. The van der Waals surface area contributed by atoms with Crippen molar-refractivity contribution in [2.75, 3.05) is 39.0 Å². The molecule has 1 saturated heterocycles. The van der Waals surface area contributed by atoms with Crippen LogP contribution in [0.2, 0.25) is 0 Å². The molecule has 2 heterocycles. The molecule has 4 aromatic rings. The van der Waals surface area contributed by atoms with Crippen LogP contribution in [-0.2, 0) is 26.7 Å². The number of nitrogens with zero attached hydrogens (tertiary/aromatic N) is 4. The van der Waals surface area contributed by atoms with Crippen LogP contribution in [0.3, 0.4) is 0 Å². The number of nitrogens with two attached hydrogens (primary N) is 1. The predicted octanol–water partition coefficient (Wildman–Crippen LogP) is 5.86. The summed E-state index contributed by atoms with van der Waals surface area (Å²) in [6.07, 6.45) is 4.96. The van der Waals surface area contributed by atoms with Crippen LogP contribution in [0.5, 0.6) is 0 Å². The highest BCUT2D eigenvalue weighted by Gasteiger charge is 2.65. The molecule has 320 valence electrons. The zero-order valence-electron chi connectivity index (χ0n) is 33.7. The van der Waals surface area contributed by atoms with Crippen LogP contribution >= 0.6 is 0 Å². The van der Waals surface area contributed by atoms with E-state index in [-0.39, 0.29) is 47.3 Å². The average molecular weight is 835 g/mol.